The van der Waals surface area contributed by atoms with Gasteiger partial charge in [0.05, 0.1) is 5.56 Å². The van der Waals surface area contributed by atoms with Gasteiger partial charge < -0.3 is 5.73 Å². The van der Waals surface area contributed by atoms with Gasteiger partial charge in [-0.15, -0.1) is 0 Å². The molecular formula is C21H22F6N2. The summed E-state index contributed by atoms with van der Waals surface area (Å²) in [4.78, 5) is 2.11. The molecule has 1 aromatic rings. The topological polar surface area (TPSA) is 29.3 Å². The number of nitrogens with zero attached hydrogens (tertiary/aromatic N) is 1. The summed E-state index contributed by atoms with van der Waals surface area (Å²) in [6.07, 6.45) is -2.28. The number of fused-ring (bicyclic) bond motifs is 1. The third kappa shape index (κ3) is 3.97. The molecule has 2 N–H and O–H groups in total. The number of hydrogen-bond acceptors (Lipinski definition) is 2. The first-order chi connectivity index (χ1) is 13.6. The van der Waals surface area contributed by atoms with E-state index in [4.69, 9.17) is 5.73 Å². The largest absolute Gasteiger partial charge is 0.416 e. The van der Waals surface area contributed by atoms with E-state index in [1.807, 2.05) is 0 Å². The number of alkyl halides is 3. The van der Waals surface area contributed by atoms with E-state index in [9.17, 15) is 26.3 Å². The maximum atomic E-state index is 14.2. The van der Waals surface area contributed by atoms with E-state index < -0.39 is 35.1 Å². The number of nitrogens with two attached hydrogens (primary N) is 1. The van der Waals surface area contributed by atoms with Gasteiger partial charge in [-0.2, -0.15) is 13.2 Å². The SMILES string of the molecule is NC1CC(N2Cc3ccc(C(F)(F)F)cc3C2)CC[C@@H]1C1CC(F)=C(F)C=C1F. The van der Waals surface area contributed by atoms with Crippen molar-refractivity contribution in [1.29, 1.82) is 0 Å². The van der Waals surface area contributed by atoms with Gasteiger partial charge in [0.15, 0.2) is 5.83 Å². The smallest absolute Gasteiger partial charge is 0.327 e. The predicted molar refractivity (Wildman–Crippen MR) is 96.3 cm³/mol. The van der Waals surface area contributed by atoms with Crippen molar-refractivity contribution in [2.45, 2.75) is 57.0 Å². The molecule has 3 aliphatic rings. The molecule has 4 rings (SSSR count). The Morgan fingerprint density at radius 3 is 2.41 bits per heavy atom. The number of hydrogen-bond donors (Lipinski definition) is 1. The zero-order valence-corrected chi connectivity index (χ0v) is 15.7. The normalized spacial score (nSPS) is 31.1. The van der Waals surface area contributed by atoms with Crippen LogP contribution in [-0.2, 0) is 19.3 Å². The standard InChI is InChI=1S/C21H22F6N2/c22-17-8-19(24)18(23)7-16(17)15-4-3-14(6-20(15)28)29-9-11-1-2-13(21(25,26)27)5-12(11)10-29/h1-2,5,8,14-16,20H,3-4,6-7,9-10,28H2/t14?,15-,16?,20?/m1/s1. The molecule has 1 aliphatic heterocycles. The van der Waals surface area contributed by atoms with Crippen molar-refractivity contribution < 1.29 is 26.3 Å². The van der Waals surface area contributed by atoms with Crippen molar-refractivity contribution in [3.63, 3.8) is 0 Å². The fraction of sp³-hybridized carbons (Fsp3) is 0.524. The predicted octanol–water partition coefficient (Wildman–Crippen LogP) is 5.54. The van der Waals surface area contributed by atoms with Crippen LogP contribution in [-0.4, -0.2) is 17.0 Å². The van der Waals surface area contributed by atoms with Crippen LogP contribution in [0.4, 0.5) is 26.3 Å². The average molecular weight is 416 g/mol. The van der Waals surface area contributed by atoms with Crippen LogP contribution in [0.15, 0.2) is 41.8 Å². The fourth-order valence-corrected chi connectivity index (χ4v) is 4.94. The summed E-state index contributed by atoms with van der Waals surface area (Å²) in [6, 6.07) is 3.50. The maximum Gasteiger partial charge on any atom is 0.416 e. The molecule has 4 atom stereocenters. The van der Waals surface area contributed by atoms with Gasteiger partial charge in [-0.1, -0.05) is 6.07 Å². The van der Waals surface area contributed by atoms with Gasteiger partial charge >= 0.3 is 6.18 Å². The summed E-state index contributed by atoms with van der Waals surface area (Å²) >= 11 is 0. The molecule has 0 spiro atoms. The molecule has 2 aliphatic carbocycles. The minimum atomic E-state index is -4.37. The molecule has 8 heteroatoms. The molecular weight excluding hydrogens is 394 g/mol. The summed E-state index contributed by atoms with van der Waals surface area (Å²) in [6.45, 7) is 0.970. The molecule has 0 aromatic heterocycles. The van der Waals surface area contributed by atoms with E-state index in [0.717, 1.165) is 11.6 Å². The summed E-state index contributed by atoms with van der Waals surface area (Å²) in [5.74, 6) is -3.81. The van der Waals surface area contributed by atoms with E-state index in [-0.39, 0.29) is 24.4 Å². The van der Waals surface area contributed by atoms with Crippen LogP contribution < -0.4 is 5.73 Å². The molecule has 3 unspecified atom stereocenters. The number of rotatable bonds is 2. The molecule has 0 saturated heterocycles. The quantitative estimate of drug-likeness (QED) is 0.642. The van der Waals surface area contributed by atoms with E-state index in [1.54, 1.807) is 0 Å². The molecule has 1 heterocycles. The Labute approximate surface area is 165 Å². The van der Waals surface area contributed by atoms with Gasteiger partial charge in [-0.25, -0.2) is 13.2 Å². The van der Waals surface area contributed by atoms with E-state index in [2.05, 4.69) is 4.90 Å². The molecule has 0 bridgehead atoms. The highest BCUT2D eigenvalue weighted by Crippen LogP contribution is 2.43. The lowest BCUT2D eigenvalue weighted by Crippen LogP contribution is -2.47. The van der Waals surface area contributed by atoms with Crippen molar-refractivity contribution >= 4 is 0 Å². The van der Waals surface area contributed by atoms with Gasteiger partial charge in [-0.05, 0) is 48.4 Å². The second-order valence-electron chi connectivity index (χ2n) is 8.27. The molecule has 158 valence electrons. The third-order valence-corrected chi connectivity index (χ3v) is 6.52. The Morgan fingerprint density at radius 1 is 1.00 bits per heavy atom. The van der Waals surface area contributed by atoms with Gasteiger partial charge in [0, 0.05) is 43.6 Å². The molecule has 1 fully saturated rings. The van der Waals surface area contributed by atoms with Gasteiger partial charge in [0.1, 0.15) is 11.7 Å². The second kappa shape index (κ2) is 7.47. The minimum absolute atomic E-state index is 0.0655. The molecule has 29 heavy (non-hydrogen) atoms. The summed E-state index contributed by atoms with van der Waals surface area (Å²) in [5.41, 5.74) is 7.18. The summed E-state index contributed by atoms with van der Waals surface area (Å²) in [5, 5.41) is 0. The van der Waals surface area contributed by atoms with Crippen LogP contribution in [0, 0.1) is 11.8 Å². The van der Waals surface area contributed by atoms with Crippen LogP contribution in [0.3, 0.4) is 0 Å². The first-order valence-electron chi connectivity index (χ1n) is 9.73. The Bertz CT molecular complexity index is 859. The highest BCUT2D eigenvalue weighted by atomic mass is 19.4. The second-order valence-corrected chi connectivity index (χ2v) is 8.27. The Morgan fingerprint density at radius 2 is 1.72 bits per heavy atom. The van der Waals surface area contributed by atoms with E-state index >= 15 is 0 Å². The number of allylic oxidation sites excluding steroid dienone is 4. The summed E-state index contributed by atoms with van der Waals surface area (Å²) in [7, 11) is 0. The van der Waals surface area contributed by atoms with Crippen molar-refractivity contribution in [3.8, 4) is 0 Å². The molecule has 1 saturated carbocycles. The Kier molecular flexibility index (Phi) is 5.27. The lowest BCUT2D eigenvalue weighted by molar-refractivity contribution is -0.137. The van der Waals surface area contributed by atoms with Gasteiger partial charge in [0.25, 0.3) is 0 Å². The fourth-order valence-electron chi connectivity index (χ4n) is 4.94. The lowest BCUT2D eigenvalue weighted by Gasteiger charge is -2.41. The lowest BCUT2D eigenvalue weighted by atomic mass is 9.72. The highest BCUT2D eigenvalue weighted by Gasteiger charge is 2.40. The Balaban J connectivity index is 1.41. The molecule has 0 amide bonds. The molecule has 1 aromatic carbocycles. The van der Waals surface area contributed by atoms with Crippen molar-refractivity contribution in [2.24, 2.45) is 17.6 Å². The van der Waals surface area contributed by atoms with E-state index in [0.29, 0.717) is 44.0 Å². The molecule has 2 nitrogen and oxygen atoms in total. The first kappa shape index (κ1) is 20.5. The molecule has 0 radical (unpaired) electrons. The van der Waals surface area contributed by atoms with Gasteiger partial charge in [0.2, 0.25) is 0 Å². The summed E-state index contributed by atoms with van der Waals surface area (Å²) < 4.78 is 79.9. The van der Waals surface area contributed by atoms with Crippen LogP contribution in [0.25, 0.3) is 0 Å². The van der Waals surface area contributed by atoms with Crippen molar-refractivity contribution in [2.75, 3.05) is 0 Å². The number of benzene rings is 1. The monoisotopic (exact) mass is 416 g/mol. The Hall–Kier alpha value is -1.80. The highest BCUT2D eigenvalue weighted by molar-refractivity contribution is 5.36. The first-order valence-corrected chi connectivity index (χ1v) is 9.73. The number of halogens is 6. The van der Waals surface area contributed by atoms with Crippen molar-refractivity contribution in [3.05, 3.63) is 58.4 Å². The average Bonchev–Trinajstić information content (AvgIpc) is 3.07. The zero-order chi connectivity index (χ0) is 20.9. The third-order valence-electron chi connectivity index (χ3n) is 6.52. The van der Waals surface area contributed by atoms with Crippen LogP contribution in [0.2, 0.25) is 0 Å². The van der Waals surface area contributed by atoms with Crippen molar-refractivity contribution in [1.82, 2.24) is 4.90 Å². The van der Waals surface area contributed by atoms with E-state index in [1.165, 1.54) is 12.1 Å². The zero-order valence-electron chi connectivity index (χ0n) is 15.7. The van der Waals surface area contributed by atoms with Crippen LogP contribution in [0.5, 0.6) is 0 Å². The maximum absolute atomic E-state index is 14.2. The van der Waals surface area contributed by atoms with Crippen LogP contribution >= 0.6 is 0 Å². The van der Waals surface area contributed by atoms with Crippen LogP contribution in [0.1, 0.15) is 42.4 Å². The van der Waals surface area contributed by atoms with Gasteiger partial charge in [-0.3, -0.25) is 4.90 Å². The minimum Gasteiger partial charge on any atom is -0.327 e.